The molecule has 0 saturated carbocycles. The lowest BCUT2D eigenvalue weighted by atomic mass is 10.0. The van der Waals surface area contributed by atoms with Gasteiger partial charge in [-0.05, 0) is 19.8 Å². The molecule has 0 aromatic heterocycles. The molecule has 0 aliphatic heterocycles. The Morgan fingerprint density at radius 1 is 0.500 bits per heavy atom. The van der Waals surface area contributed by atoms with Crippen LogP contribution < -0.4 is 0 Å². The first-order chi connectivity index (χ1) is 17.4. The first-order valence-corrected chi connectivity index (χ1v) is 16.8. The summed E-state index contributed by atoms with van der Waals surface area (Å²) in [5, 5.41) is 41.1. The highest BCUT2D eigenvalue weighted by atomic mass is 32.2. The summed E-state index contributed by atoms with van der Waals surface area (Å²) < 4.78 is 0. The lowest BCUT2D eigenvalue weighted by Crippen LogP contribution is -2.42. The second-order valence-electron chi connectivity index (χ2n) is 11.2. The molecular formula is C31H64O4S. The van der Waals surface area contributed by atoms with Gasteiger partial charge in [-0.2, -0.15) is 11.8 Å². The van der Waals surface area contributed by atoms with E-state index in [1.807, 2.05) is 0 Å². The fourth-order valence-corrected chi connectivity index (χ4v) is 6.28. The van der Waals surface area contributed by atoms with Crippen LogP contribution in [0.25, 0.3) is 0 Å². The molecule has 218 valence electrons. The lowest BCUT2D eigenvalue weighted by molar-refractivity contribution is 0.000749. The van der Waals surface area contributed by atoms with Gasteiger partial charge < -0.3 is 20.4 Å². The maximum Gasteiger partial charge on any atom is 0.0939 e. The molecule has 0 fully saturated rings. The van der Waals surface area contributed by atoms with Gasteiger partial charge in [-0.1, -0.05) is 142 Å². The summed E-state index contributed by atoms with van der Waals surface area (Å²) in [6, 6.07) is 0. The van der Waals surface area contributed by atoms with E-state index in [2.05, 4.69) is 13.8 Å². The molecule has 4 N–H and O–H groups in total. The van der Waals surface area contributed by atoms with Gasteiger partial charge in [0.1, 0.15) is 0 Å². The van der Waals surface area contributed by atoms with Crippen molar-refractivity contribution in [3.05, 3.63) is 0 Å². The van der Waals surface area contributed by atoms with Crippen LogP contribution in [0.1, 0.15) is 162 Å². The Morgan fingerprint density at radius 2 is 0.861 bits per heavy atom. The van der Waals surface area contributed by atoms with E-state index in [9.17, 15) is 20.4 Å². The van der Waals surface area contributed by atoms with Gasteiger partial charge in [0.25, 0.3) is 0 Å². The Labute approximate surface area is 229 Å². The number of rotatable bonds is 28. The summed E-state index contributed by atoms with van der Waals surface area (Å²) >= 11 is 1.43. The third-order valence-corrected chi connectivity index (χ3v) is 8.99. The SMILES string of the molecule is CCCCCCCCCCCCC(O)CSC(C(O)CCCCCCCCCCCC)C(O)C(C)O. The molecule has 5 unspecified atom stereocenters. The molecule has 0 bridgehead atoms. The van der Waals surface area contributed by atoms with Crippen LogP contribution in [-0.4, -0.2) is 55.8 Å². The normalized spacial score (nSPS) is 16.1. The minimum absolute atomic E-state index is 0.419. The second-order valence-corrected chi connectivity index (χ2v) is 12.4. The fourth-order valence-electron chi connectivity index (χ4n) is 4.89. The molecule has 5 heteroatoms. The standard InChI is InChI=1S/C31H64O4S/c1-4-6-8-10-12-14-16-18-20-22-24-28(33)26-36-31(30(35)27(3)32)29(34)25-23-21-19-17-15-13-11-9-7-5-2/h27-35H,4-26H2,1-3H3. The van der Waals surface area contributed by atoms with Crippen molar-refractivity contribution < 1.29 is 20.4 Å². The largest absolute Gasteiger partial charge is 0.392 e. The zero-order valence-electron chi connectivity index (χ0n) is 24.3. The predicted octanol–water partition coefficient (Wildman–Crippen LogP) is 8.17. The molecule has 0 heterocycles. The summed E-state index contributed by atoms with van der Waals surface area (Å²) in [4.78, 5) is 0. The molecule has 0 saturated heterocycles. The van der Waals surface area contributed by atoms with Crippen LogP contribution in [0.4, 0.5) is 0 Å². The van der Waals surface area contributed by atoms with Crippen LogP contribution in [0.15, 0.2) is 0 Å². The molecule has 0 aromatic rings. The summed E-state index contributed by atoms with van der Waals surface area (Å²) in [6.07, 6.45) is 23.8. The molecule has 0 rings (SSSR count). The highest BCUT2D eigenvalue weighted by Gasteiger charge is 2.30. The van der Waals surface area contributed by atoms with E-state index >= 15 is 0 Å². The third kappa shape index (κ3) is 22.2. The number of aliphatic hydroxyl groups is 4. The van der Waals surface area contributed by atoms with E-state index in [1.54, 1.807) is 6.92 Å². The smallest absolute Gasteiger partial charge is 0.0939 e. The van der Waals surface area contributed by atoms with Crippen molar-refractivity contribution in [3.8, 4) is 0 Å². The van der Waals surface area contributed by atoms with Crippen LogP contribution in [0.5, 0.6) is 0 Å². The summed E-state index contributed by atoms with van der Waals surface area (Å²) in [7, 11) is 0. The van der Waals surface area contributed by atoms with Gasteiger partial charge in [-0.25, -0.2) is 0 Å². The Morgan fingerprint density at radius 3 is 1.25 bits per heavy atom. The molecule has 0 radical (unpaired) electrons. The van der Waals surface area contributed by atoms with Gasteiger partial charge in [0.05, 0.1) is 29.7 Å². The highest BCUT2D eigenvalue weighted by molar-refractivity contribution is 8.00. The summed E-state index contributed by atoms with van der Waals surface area (Å²) in [5.41, 5.74) is 0. The Hall–Kier alpha value is 0.190. The number of thioether (sulfide) groups is 1. The molecule has 5 atom stereocenters. The highest BCUT2D eigenvalue weighted by Crippen LogP contribution is 2.26. The van der Waals surface area contributed by atoms with Crippen molar-refractivity contribution in [2.75, 3.05) is 5.75 Å². The number of hydrogen-bond acceptors (Lipinski definition) is 5. The van der Waals surface area contributed by atoms with E-state index in [0.29, 0.717) is 12.2 Å². The third-order valence-electron chi connectivity index (χ3n) is 7.44. The maximum absolute atomic E-state index is 10.8. The first kappa shape index (κ1) is 36.2. The molecule has 0 amide bonds. The molecular weight excluding hydrogens is 468 g/mol. The average Bonchev–Trinajstić information content (AvgIpc) is 2.86. The minimum Gasteiger partial charge on any atom is -0.392 e. The fraction of sp³-hybridized carbons (Fsp3) is 1.00. The van der Waals surface area contributed by atoms with Gasteiger partial charge in [-0.15, -0.1) is 0 Å². The predicted molar refractivity (Wildman–Crippen MR) is 159 cm³/mol. The monoisotopic (exact) mass is 532 g/mol. The van der Waals surface area contributed by atoms with E-state index in [1.165, 1.54) is 114 Å². The minimum atomic E-state index is -0.974. The zero-order chi connectivity index (χ0) is 26.9. The number of hydrogen-bond donors (Lipinski definition) is 4. The topological polar surface area (TPSA) is 80.9 Å². The van der Waals surface area contributed by atoms with Gasteiger partial charge in [0.2, 0.25) is 0 Å². The van der Waals surface area contributed by atoms with E-state index < -0.39 is 29.7 Å². The zero-order valence-corrected chi connectivity index (χ0v) is 25.2. The van der Waals surface area contributed by atoms with Gasteiger partial charge in [0, 0.05) is 5.75 Å². The van der Waals surface area contributed by atoms with Crippen molar-refractivity contribution in [1.82, 2.24) is 0 Å². The van der Waals surface area contributed by atoms with Crippen molar-refractivity contribution in [3.63, 3.8) is 0 Å². The van der Waals surface area contributed by atoms with Crippen molar-refractivity contribution in [2.24, 2.45) is 0 Å². The molecule has 0 aliphatic rings. The van der Waals surface area contributed by atoms with Crippen molar-refractivity contribution >= 4 is 11.8 Å². The van der Waals surface area contributed by atoms with Gasteiger partial charge >= 0.3 is 0 Å². The van der Waals surface area contributed by atoms with Crippen molar-refractivity contribution in [2.45, 2.75) is 192 Å². The molecule has 36 heavy (non-hydrogen) atoms. The maximum atomic E-state index is 10.8. The van der Waals surface area contributed by atoms with Crippen LogP contribution in [0.2, 0.25) is 0 Å². The molecule has 0 aliphatic carbocycles. The van der Waals surface area contributed by atoms with E-state index in [0.717, 1.165) is 32.1 Å². The van der Waals surface area contributed by atoms with Crippen LogP contribution in [-0.2, 0) is 0 Å². The number of aliphatic hydroxyl groups excluding tert-OH is 4. The van der Waals surface area contributed by atoms with Crippen LogP contribution in [0.3, 0.4) is 0 Å². The Kier molecular flexibility index (Phi) is 26.9. The average molecular weight is 533 g/mol. The molecule has 0 aromatic carbocycles. The van der Waals surface area contributed by atoms with Crippen LogP contribution in [0, 0.1) is 0 Å². The Balaban J connectivity index is 4.00. The van der Waals surface area contributed by atoms with Gasteiger partial charge in [0.15, 0.2) is 0 Å². The Bertz CT molecular complexity index is 435. The summed E-state index contributed by atoms with van der Waals surface area (Å²) in [5.74, 6) is 0.501. The molecule has 0 spiro atoms. The lowest BCUT2D eigenvalue weighted by Gasteiger charge is -2.29. The van der Waals surface area contributed by atoms with Gasteiger partial charge in [-0.3, -0.25) is 0 Å². The quantitative estimate of drug-likeness (QED) is 0.0764. The number of unbranched alkanes of at least 4 members (excludes halogenated alkanes) is 18. The van der Waals surface area contributed by atoms with E-state index in [4.69, 9.17) is 0 Å². The van der Waals surface area contributed by atoms with E-state index in [-0.39, 0.29) is 0 Å². The first-order valence-electron chi connectivity index (χ1n) is 15.8. The van der Waals surface area contributed by atoms with Crippen LogP contribution >= 0.6 is 11.8 Å². The summed E-state index contributed by atoms with van der Waals surface area (Å²) in [6.45, 7) is 6.08. The second kappa shape index (κ2) is 26.8. The van der Waals surface area contributed by atoms with Crippen molar-refractivity contribution in [1.29, 1.82) is 0 Å². The molecule has 4 nitrogen and oxygen atoms in total.